The summed E-state index contributed by atoms with van der Waals surface area (Å²) in [4.78, 5) is 0. The quantitative estimate of drug-likeness (QED) is 0.859. The lowest BCUT2D eigenvalue weighted by atomic mass is 10.0. The summed E-state index contributed by atoms with van der Waals surface area (Å²) >= 11 is 0. The molecule has 0 spiro atoms. The minimum atomic E-state index is -0.560. The monoisotopic (exact) mass is 241 g/mol. The van der Waals surface area contributed by atoms with Crippen molar-refractivity contribution in [2.45, 2.75) is 26.0 Å². The van der Waals surface area contributed by atoms with Gasteiger partial charge in [-0.3, -0.25) is 0 Å². The van der Waals surface area contributed by atoms with Gasteiger partial charge in [-0.2, -0.15) is 0 Å². The van der Waals surface area contributed by atoms with Gasteiger partial charge in [0.1, 0.15) is 11.6 Å². The minimum absolute atomic E-state index is 0.301. The van der Waals surface area contributed by atoms with Crippen molar-refractivity contribution in [1.29, 1.82) is 0 Å². The van der Waals surface area contributed by atoms with Crippen LogP contribution in [0.1, 0.15) is 25.5 Å². The zero-order valence-electron chi connectivity index (χ0n) is 10.0. The van der Waals surface area contributed by atoms with E-state index in [2.05, 4.69) is 19.2 Å². The molecule has 17 heavy (non-hydrogen) atoms. The summed E-state index contributed by atoms with van der Waals surface area (Å²) in [5, 5.41) is 3.32. The van der Waals surface area contributed by atoms with Crippen molar-refractivity contribution < 1.29 is 13.5 Å². The number of ether oxygens (including phenoxy) is 1. The molecule has 2 atom stereocenters. The largest absolute Gasteiger partial charge is 0.370 e. The van der Waals surface area contributed by atoms with Gasteiger partial charge in [0, 0.05) is 24.2 Å². The first kappa shape index (κ1) is 12.5. The van der Waals surface area contributed by atoms with E-state index in [1.54, 1.807) is 0 Å². The molecule has 0 aromatic heterocycles. The van der Waals surface area contributed by atoms with Crippen molar-refractivity contribution >= 4 is 0 Å². The van der Waals surface area contributed by atoms with Crippen LogP contribution in [0.4, 0.5) is 8.78 Å². The maximum absolute atomic E-state index is 13.5. The summed E-state index contributed by atoms with van der Waals surface area (Å²) < 4.78 is 32.0. The summed E-state index contributed by atoms with van der Waals surface area (Å²) in [7, 11) is 0. The van der Waals surface area contributed by atoms with Crippen LogP contribution in [0.15, 0.2) is 18.2 Å². The summed E-state index contributed by atoms with van der Waals surface area (Å²) in [6.45, 7) is 5.34. The Hall–Kier alpha value is -1.00. The Morgan fingerprint density at radius 1 is 1.35 bits per heavy atom. The van der Waals surface area contributed by atoms with E-state index < -0.39 is 11.6 Å². The molecule has 4 heteroatoms. The Balaban J connectivity index is 2.05. The van der Waals surface area contributed by atoms with Crippen molar-refractivity contribution in [1.82, 2.24) is 5.32 Å². The van der Waals surface area contributed by atoms with E-state index in [9.17, 15) is 8.78 Å². The predicted molar refractivity (Wildman–Crippen MR) is 61.7 cm³/mol. The summed E-state index contributed by atoms with van der Waals surface area (Å²) in [6, 6.07) is 3.91. The first-order valence-corrected chi connectivity index (χ1v) is 5.88. The van der Waals surface area contributed by atoms with Crippen LogP contribution in [0.25, 0.3) is 0 Å². The third-order valence-electron chi connectivity index (χ3n) is 3.16. The fourth-order valence-corrected chi connectivity index (χ4v) is 1.99. The molecule has 1 aliphatic heterocycles. The van der Waals surface area contributed by atoms with E-state index >= 15 is 0 Å². The lowest BCUT2D eigenvalue weighted by Crippen LogP contribution is -2.45. The van der Waals surface area contributed by atoms with Gasteiger partial charge in [0.15, 0.2) is 0 Å². The molecule has 2 rings (SSSR count). The SMILES string of the molecule is CC(C)C1COC(c2ccc(F)cc2F)CN1. The Morgan fingerprint density at radius 3 is 2.65 bits per heavy atom. The maximum atomic E-state index is 13.5. The molecule has 0 amide bonds. The summed E-state index contributed by atoms with van der Waals surface area (Å²) in [5.41, 5.74) is 0.418. The number of hydrogen-bond donors (Lipinski definition) is 1. The minimum Gasteiger partial charge on any atom is -0.370 e. The lowest BCUT2D eigenvalue weighted by molar-refractivity contribution is -0.00888. The number of benzene rings is 1. The Kier molecular flexibility index (Phi) is 3.74. The van der Waals surface area contributed by atoms with Crippen LogP contribution < -0.4 is 5.32 Å². The van der Waals surface area contributed by atoms with Crippen molar-refractivity contribution in [3.8, 4) is 0 Å². The maximum Gasteiger partial charge on any atom is 0.131 e. The Bertz CT molecular complexity index is 387. The molecule has 0 radical (unpaired) electrons. The molecular formula is C13H17F2NO. The molecule has 2 nitrogen and oxygen atoms in total. The molecule has 1 aromatic carbocycles. The van der Waals surface area contributed by atoms with E-state index in [1.807, 2.05) is 0 Å². The molecular weight excluding hydrogens is 224 g/mol. The lowest BCUT2D eigenvalue weighted by Gasteiger charge is -2.32. The summed E-state index contributed by atoms with van der Waals surface area (Å²) in [6.07, 6.45) is -0.328. The third-order valence-corrected chi connectivity index (χ3v) is 3.16. The van der Waals surface area contributed by atoms with Crippen molar-refractivity contribution in [2.24, 2.45) is 5.92 Å². The molecule has 94 valence electrons. The molecule has 2 unspecified atom stereocenters. The van der Waals surface area contributed by atoms with Gasteiger partial charge in [-0.15, -0.1) is 0 Å². The number of hydrogen-bond acceptors (Lipinski definition) is 2. The van der Waals surface area contributed by atoms with Gasteiger partial charge in [0.05, 0.1) is 12.7 Å². The van der Waals surface area contributed by atoms with Gasteiger partial charge in [-0.05, 0) is 12.0 Å². The summed E-state index contributed by atoms with van der Waals surface area (Å²) in [5.74, 6) is -0.621. The van der Waals surface area contributed by atoms with Gasteiger partial charge in [-0.1, -0.05) is 19.9 Å². The number of halogens is 2. The van der Waals surface area contributed by atoms with Crippen LogP contribution in [0.5, 0.6) is 0 Å². The molecule has 1 fully saturated rings. The topological polar surface area (TPSA) is 21.3 Å². The third kappa shape index (κ3) is 2.82. The van der Waals surface area contributed by atoms with Gasteiger partial charge < -0.3 is 10.1 Å². The van der Waals surface area contributed by atoms with Crippen LogP contribution >= 0.6 is 0 Å². The van der Waals surface area contributed by atoms with Gasteiger partial charge in [0.2, 0.25) is 0 Å². The van der Waals surface area contributed by atoms with Crippen LogP contribution in [0.3, 0.4) is 0 Å². The second kappa shape index (κ2) is 5.10. The number of rotatable bonds is 2. The average molecular weight is 241 g/mol. The van der Waals surface area contributed by atoms with Crippen molar-refractivity contribution in [3.63, 3.8) is 0 Å². The Morgan fingerprint density at radius 2 is 2.12 bits per heavy atom. The molecule has 0 saturated carbocycles. The van der Waals surface area contributed by atoms with Gasteiger partial charge in [0.25, 0.3) is 0 Å². The van der Waals surface area contributed by atoms with Crippen LogP contribution in [-0.2, 0) is 4.74 Å². The molecule has 0 bridgehead atoms. The molecule has 1 N–H and O–H groups in total. The normalized spacial score (nSPS) is 25.2. The second-order valence-electron chi connectivity index (χ2n) is 4.75. The first-order valence-electron chi connectivity index (χ1n) is 5.88. The molecule has 0 aliphatic carbocycles. The Labute approximate surface area is 100.0 Å². The van der Waals surface area contributed by atoms with Crippen LogP contribution in [0, 0.1) is 17.6 Å². The van der Waals surface area contributed by atoms with E-state index in [0.29, 0.717) is 30.7 Å². The highest BCUT2D eigenvalue weighted by atomic mass is 19.1. The van der Waals surface area contributed by atoms with E-state index in [1.165, 1.54) is 12.1 Å². The zero-order valence-corrected chi connectivity index (χ0v) is 10.0. The molecule has 1 aromatic rings. The predicted octanol–water partition coefficient (Wildman–Crippen LogP) is 2.65. The molecule has 1 aliphatic rings. The molecule has 1 saturated heterocycles. The van der Waals surface area contributed by atoms with Crippen LogP contribution in [0.2, 0.25) is 0 Å². The standard InChI is InChI=1S/C13H17F2NO/c1-8(2)12-7-17-13(6-16-12)10-4-3-9(14)5-11(10)15/h3-5,8,12-13,16H,6-7H2,1-2H3. The van der Waals surface area contributed by atoms with E-state index in [4.69, 9.17) is 4.74 Å². The van der Waals surface area contributed by atoms with Crippen molar-refractivity contribution in [2.75, 3.05) is 13.2 Å². The number of morpholine rings is 1. The van der Waals surface area contributed by atoms with Crippen molar-refractivity contribution in [3.05, 3.63) is 35.4 Å². The fraction of sp³-hybridized carbons (Fsp3) is 0.538. The highest BCUT2D eigenvalue weighted by Crippen LogP contribution is 2.24. The van der Waals surface area contributed by atoms with E-state index in [-0.39, 0.29) is 6.10 Å². The van der Waals surface area contributed by atoms with Crippen LogP contribution in [-0.4, -0.2) is 19.2 Å². The average Bonchev–Trinajstić information content (AvgIpc) is 2.29. The van der Waals surface area contributed by atoms with E-state index in [0.717, 1.165) is 6.07 Å². The van der Waals surface area contributed by atoms with Gasteiger partial charge in [-0.25, -0.2) is 8.78 Å². The molecule has 1 heterocycles. The van der Waals surface area contributed by atoms with Gasteiger partial charge >= 0.3 is 0 Å². The fourth-order valence-electron chi connectivity index (χ4n) is 1.99. The smallest absolute Gasteiger partial charge is 0.131 e. The first-order chi connectivity index (χ1) is 8.08. The highest BCUT2D eigenvalue weighted by Gasteiger charge is 2.25. The highest BCUT2D eigenvalue weighted by molar-refractivity contribution is 5.21. The zero-order chi connectivity index (χ0) is 12.4. The second-order valence-corrected chi connectivity index (χ2v) is 4.75. The number of nitrogens with one attached hydrogen (secondary N) is 1.